The van der Waals surface area contributed by atoms with Gasteiger partial charge in [-0.1, -0.05) is 24.3 Å². The largest absolute Gasteiger partial charge is 0.492 e. The summed E-state index contributed by atoms with van der Waals surface area (Å²) in [6, 6.07) is 17.2. The van der Waals surface area contributed by atoms with Crippen molar-refractivity contribution in [2.24, 2.45) is 5.92 Å². The fourth-order valence-corrected chi connectivity index (χ4v) is 4.73. The minimum absolute atomic E-state index is 0.0869. The number of nitrogens with one attached hydrogen (secondary N) is 1. The van der Waals surface area contributed by atoms with Crippen molar-refractivity contribution in [2.75, 3.05) is 26.2 Å². The van der Waals surface area contributed by atoms with E-state index >= 15 is 0 Å². The number of sulfonamides is 1. The first-order chi connectivity index (χ1) is 14.0. The van der Waals surface area contributed by atoms with Crippen LogP contribution in [-0.2, 0) is 14.8 Å². The normalized spacial score (nSPS) is 15.4. The summed E-state index contributed by atoms with van der Waals surface area (Å²) in [7, 11) is -3.51. The highest BCUT2D eigenvalue weighted by Gasteiger charge is 2.31. The summed E-state index contributed by atoms with van der Waals surface area (Å²) in [5.41, 5.74) is 0.517. The smallest absolute Gasteiger partial charge is 0.243 e. The zero-order valence-electron chi connectivity index (χ0n) is 16.0. The fourth-order valence-electron chi connectivity index (χ4n) is 3.24. The zero-order chi connectivity index (χ0) is 20.7. The van der Waals surface area contributed by atoms with E-state index in [9.17, 15) is 13.2 Å². The maximum Gasteiger partial charge on any atom is 0.243 e. The lowest BCUT2D eigenvalue weighted by atomic mass is 9.97. The first-order valence-corrected chi connectivity index (χ1v) is 10.9. The molecule has 0 aliphatic carbocycles. The average Bonchev–Trinajstić information content (AvgIpc) is 2.77. The van der Waals surface area contributed by atoms with Crippen LogP contribution in [-0.4, -0.2) is 44.9 Å². The third-order valence-electron chi connectivity index (χ3n) is 4.84. The topological polar surface area (TPSA) is 99.5 Å². The Balaban J connectivity index is 1.42. The molecule has 7 nitrogen and oxygen atoms in total. The maximum absolute atomic E-state index is 12.6. The maximum atomic E-state index is 12.6. The number of piperidine rings is 1. The number of rotatable bonds is 7. The molecule has 1 saturated heterocycles. The Morgan fingerprint density at radius 2 is 1.86 bits per heavy atom. The summed E-state index contributed by atoms with van der Waals surface area (Å²) in [5.74, 6) is 0.285. The monoisotopic (exact) mass is 413 g/mol. The van der Waals surface area contributed by atoms with Crippen molar-refractivity contribution in [1.82, 2.24) is 9.62 Å². The second kappa shape index (κ2) is 9.54. The van der Waals surface area contributed by atoms with Crippen molar-refractivity contribution in [3.8, 4) is 11.8 Å². The number of hydrogen-bond donors (Lipinski definition) is 1. The first kappa shape index (κ1) is 20.8. The molecule has 1 N–H and O–H groups in total. The van der Waals surface area contributed by atoms with Crippen LogP contribution in [0, 0.1) is 17.2 Å². The van der Waals surface area contributed by atoms with E-state index in [1.165, 1.54) is 4.31 Å². The molecule has 0 bridgehead atoms. The standard InChI is InChI=1S/C21H23N3O4S/c22-16-17-5-4-6-19(15-17)28-14-11-23-21(25)18-9-12-24(13-10-18)29(26,27)20-7-2-1-3-8-20/h1-8,15,18H,9-14H2,(H,23,25). The number of benzene rings is 2. The van der Waals surface area contributed by atoms with E-state index in [0.29, 0.717) is 50.4 Å². The number of hydrogen-bond acceptors (Lipinski definition) is 5. The van der Waals surface area contributed by atoms with Gasteiger partial charge in [-0.05, 0) is 43.2 Å². The molecule has 1 heterocycles. The molecular weight excluding hydrogens is 390 g/mol. The first-order valence-electron chi connectivity index (χ1n) is 9.46. The van der Waals surface area contributed by atoms with Gasteiger partial charge in [0.1, 0.15) is 12.4 Å². The number of nitrogens with zero attached hydrogens (tertiary/aromatic N) is 2. The molecule has 0 saturated carbocycles. The van der Waals surface area contributed by atoms with E-state index in [-0.39, 0.29) is 16.7 Å². The number of carbonyl (C=O) groups excluding carboxylic acids is 1. The van der Waals surface area contributed by atoms with Crippen LogP contribution in [0.1, 0.15) is 18.4 Å². The van der Waals surface area contributed by atoms with Gasteiger partial charge in [0.2, 0.25) is 15.9 Å². The molecule has 1 fully saturated rings. The Kier molecular flexibility index (Phi) is 6.86. The van der Waals surface area contributed by atoms with Gasteiger partial charge in [-0.15, -0.1) is 0 Å². The summed E-state index contributed by atoms with van der Waals surface area (Å²) in [5, 5.41) is 11.7. The van der Waals surface area contributed by atoms with Crippen LogP contribution in [0.2, 0.25) is 0 Å². The highest BCUT2D eigenvalue weighted by molar-refractivity contribution is 7.89. The predicted molar refractivity (Wildman–Crippen MR) is 108 cm³/mol. The van der Waals surface area contributed by atoms with Crippen molar-refractivity contribution >= 4 is 15.9 Å². The van der Waals surface area contributed by atoms with Gasteiger partial charge in [0, 0.05) is 19.0 Å². The SMILES string of the molecule is N#Cc1cccc(OCCNC(=O)C2CCN(S(=O)(=O)c3ccccc3)CC2)c1. The van der Waals surface area contributed by atoms with Gasteiger partial charge in [0.05, 0.1) is 23.1 Å². The van der Waals surface area contributed by atoms with Crippen molar-refractivity contribution in [1.29, 1.82) is 5.26 Å². The molecule has 1 aliphatic heterocycles. The van der Waals surface area contributed by atoms with Crippen LogP contribution in [0.15, 0.2) is 59.5 Å². The van der Waals surface area contributed by atoms with E-state index in [2.05, 4.69) is 5.32 Å². The molecule has 152 valence electrons. The Hall–Kier alpha value is -2.89. The number of ether oxygens (including phenoxy) is 1. The molecule has 2 aromatic rings. The average molecular weight is 413 g/mol. The number of carbonyl (C=O) groups is 1. The van der Waals surface area contributed by atoms with Crippen LogP contribution in [0.3, 0.4) is 0 Å². The fraction of sp³-hybridized carbons (Fsp3) is 0.333. The van der Waals surface area contributed by atoms with Crippen molar-refractivity contribution in [3.05, 3.63) is 60.2 Å². The molecule has 0 spiro atoms. The molecule has 1 amide bonds. The van der Waals surface area contributed by atoms with Crippen molar-refractivity contribution in [2.45, 2.75) is 17.7 Å². The Morgan fingerprint density at radius 3 is 2.55 bits per heavy atom. The molecule has 1 aliphatic rings. The second-order valence-corrected chi connectivity index (χ2v) is 8.71. The summed E-state index contributed by atoms with van der Waals surface area (Å²) in [4.78, 5) is 12.6. The van der Waals surface area contributed by atoms with Crippen molar-refractivity contribution in [3.63, 3.8) is 0 Å². The molecular formula is C21H23N3O4S. The lowest BCUT2D eigenvalue weighted by molar-refractivity contribution is -0.126. The quantitative estimate of drug-likeness (QED) is 0.701. The molecule has 3 rings (SSSR count). The van der Waals surface area contributed by atoms with Gasteiger partial charge in [0.15, 0.2) is 0 Å². The molecule has 29 heavy (non-hydrogen) atoms. The summed E-state index contributed by atoms with van der Waals surface area (Å²) >= 11 is 0. The molecule has 0 radical (unpaired) electrons. The second-order valence-electron chi connectivity index (χ2n) is 6.77. The number of nitriles is 1. The molecule has 8 heteroatoms. The highest BCUT2D eigenvalue weighted by atomic mass is 32.2. The summed E-state index contributed by atoms with van der Waals surface area (Å²) < 4.78 is 32.3. The van der Waals surface area contributed by atoms with E-state index in [0.717, 1.165) is 0 Å². The summed E-state index contributed by atoms with van der Waals surface area (Å²) in [6.45, 7) is 1.29. The van der Waals surface area contributed by atoms with E-state index in [1.54, 1.807) is 54.6 Å². The lowest BCUT2D eigenvalue weighted by Crippen LogP contribution is -2.43. The predicted octanol–water partition coefficient (Wildman–Crippen LogP) is 2.15. The third-order valence-corrected chi connectivity index (χ3v) is 6.75. The van der Waals surface area contributed by atoms with E-state index in [4.69, 9.17) is 10.00 Å². The minimum atomic E-state index is -3.51. The van der Waals surface area contributed by atoms with Gasteiger partial charge in [0.25, 0.3) is 0 Å². The van der Waals surface area contributed by atoms with Gasteiger partial charge in [-0.3, -0.25) is 4.79 Å². The third kappa shape index (κ3) is 5.34. The van der Waals surface area contributed by atoms with Crippen LogP contribution < -0.4 is 10.1 Å². The molecule has 0 atom stereocenters. The zero-order valence-corrected chi connectivity index (χ0v) is 16.8. The Labute approximate surface area is 171 Å². The molecule has 0 aromatic heterocycles. The Bertz CT molecular complexity index is 978. The van der Waals surface area contributed by atoms with Crippen LogP contribution in [0.5, 0.6) is 5.75 Å². The molecule has 2 aromatic carbocycles. The highest BCUT2D eigenvalue weighted by Crippen LogP contribution is 2.23. The molecule has 0 unspecified atom stereocenters. The Morgan fingerprint density at radius 1 is 1.14 bits per heavy atom. The van der Waals surface area contributed by atoms with Gasteiger partial charge >= 0.3 is 0 Å². The van der Waals surface area contributed by atoms with Crippen LogP contribution in [0.25, 0.3) is 0 Å². The van der Waals surface area contributed by atoms with E-state index < -0.39 is 10.0 Å². The van der Waals surface area contributed by atoms with Crippen molar-refractivity contribution < 1.29 is 17.9 Å². The van der Waals surface area contributed by atoms with Crippen LogP contribution >= 0.6 is 0 Å². The van der Waals surface area contributed by atoms with Gasteiger partial charge < -0.3 is 10.1 Å². The van der Waals surface area contributed by atoms with Gasteiger partial charge in [-0.2, -0.15) is 9.57 Å². The number of amides is 1. The van der Waals surface area contributed by atoms with Gasteiger partial charge in [-0.25, -0.2) is 8.42 Å². The van der Waals surface area contributed by atoms with Crippen LogP contribution in [0.4, 0.5) is 0 Å². The lowest BCUT2D eigenvalue weighted by Gasteiger charge is -2.30. The minimum Gasteiger partial charge on any atom is -0.492 e. The summed E-state index contributed by atoms with van der Waals surface area (Å²) in [6.07, 6.45) is 0.978. The van der Waals surface area contributed by atoms with E-state index in [1.807, 2.05) is 6.07 Å².